The molecule has 1 aliphatic rings. The molecule has 1 aromatic heterocycles. The molecule has 0 radical (unpaired) electrons. The molecule has 4 aromatic rings. The number of anilines is 1. The zero-order valence-corrected chi connectivity index (χ0v) is 18.0. The van der Waals surface area contributed by atoms with Crippen LogP contribution in [0, 0.1) is 0 Å². The summed E-state index contributed by atoms with van der Waals surface area (Å²) in [5, 5.41) is 7.37. The second kappa shape index (κ2) is 8.98. The number of aromatic nitrogens is 1. The minimum atomic E-state index is -0.118. The Morgan fingerprint density at radius 2 is 1.77 bits per heavy atom. The second-order valence-corrected chi connectivity index (χ2v) is 8.74. The number of rotatable bonds is 5. The highest BCUT2D eigenvalue weighted by atomic mass is 32.1. The summed E-state index contributed by atoms with van der Waals surface area (Å²) in [5.41, 5.74) is 4.66. The summed E-state index contributed by atoms with van der Waals surface area (Å²) in [6.07, 6.45) is 0. The van der Waals surface area contributed by atoms with Crippen molar-refractivity contribution in [2.45, 2.75) is 6.54 Å². The number of nitrogens with one attached hydrogen (secondary N) is 2. The van der Waals surface area contributed by atoms with Crippen molar-refractivity contribution in [1.82, 2.24) is 15.2 Å². The third kappa shape index (κ3) is 4.51. The Kier molecular flexibility index (Phi) is 5.76. The van der Waals surface area contributed by atoms with Crippen molar-refractivity contribution < 1.29 is 4.79 Å². The van der Waals surface area contributed by atoms with Crippen LogP contribution in [0.25, 0.3) is 20.8 Å². The van der Waals surface area contributed by atoms with Crippen molar-refractivity contribution in [3.8, 4) is 10.6 Å². The average Bonchev–Trinajstić information content (AvgIpc) is 3.24. The lowest BCUT2D eigenvalue weighted by atomic mass is 10.1. The Hall–Kier alpha value is -3.06. The zero-order valence-electron chi connectivity index (χ0n) is 17.2. The second-order valence-electron chi connectivity index (χ2n) is 7.71. The van der Waals surface area contributed by atoms with Gasteiger partial charge in [0.05, 0.1) is 15.9 Å². The SMILES string of the molecule is O=C(Nc1ccccc1-c1nc2ccc(CN3CCNCC3)cc2s1)c1ccccc1. The summed E-state index contributed by atoms with van der Waals surface area (Å²) in [6, 6.07) is 23.7. The van der Waals surface area contributed by atoms with Crippen LogP contribution in [-0.2, 0) is 6.54 Å². The Morgan fingerprint density at radius 1 is 1.00 bits per heavy atom. The van der Waals surface area contributed by atoms with E-state index in [-0.39, 0.29) is 5.91 Å². The number of hydrogen-bond donors (Lipinski definition) is 2. The average molecular weight is 429 g/mol. The van der Waals surface area contributed by atoms with Crippen LogP contribution in [-0.4, -0.2) is 42.0 Å². The summed E-state index contributed by atoms with van der Waals surface area (Å²) in [5.74, 6) is -0.118. The third-order valence-electron chi connectivity index (χ3n) is 5.51. The monoisotopic (exact) mass is 428 g/mol. The molecule has 1 saturated heterocycles. The van der Waals surface area contributed by atoms with Crippen LogP contribution in [0.5, 0.6) is 0 Å². The number of nitrogens with zero attached hydrogens (tertiary/aromatic N) is 2. The van der Waals surface area contributed by atoms with Crippen molar-refractivity contribution in [2.24, 2.45) is 0 Å². The molecule has 1 fully saturated rings. The van der Waals surface area contributed by atoms with Gasteiger partial charge in [-0.2, -0.15) is 0 Å². The lowest BCUT2D eigenvalue weighted by molar-refractivity contribution is 0.102. The topological polar surface area (TPSA) is 57.3 Å². The third-order valence-corrected chi connectivity index (χ3v) is 6.56. The molecule has 2 heterocycles. The lowest BCUT2D eigenvalue weighted by Crippen LogP contribution is -2.42. The highest BCUT2D eigenvalue weighted by Gasteiger charge is 2.15. The van der Waals surface area contributed by atoms with Gasteiger partial charge in [-0.1, -0.05) is 36.4 Å². The van der Waals surface area contributed by atoms with Gasteiger partial charge in [0.25, 0.3) is 5.91 Å². The number of amides is 1. The molecule has 31 heavy (non-hydrogen) atoms. The van der Waals surface area contributed by atoms with Crippen molar-refractivity contribution in [2.75, 3.05) is 31.5 Å². The first-order valence-corrected chi connectivity index (χ1v) is 11.4. The molecule has 0 aliphatic carbocycles. The molecule has 0 unspecified atom stereocenters. The number of benzene rings is 3. The molecule has 1 aliphatic heterocycles. The van der Waals surface area contributed by atoms with E-state index in [1.807, 2.05) is 54.6 Å². The molecule has 3 aromatic carbocycles. The van der Waals surface area contributed by atoms with E-state index in [1.54, 1.807) is 11.3 Å². The number of carbonyl (C=O) groups is 1. The van der Waals surface area contributed by atoms with E-state index >= 15 is 0 Å². The molecule has 1 amide bonds. The van der Waals surface area contributed by atoms with E-state index < -0.39 is 0 Å². The van der Waals surface area contributed by atoms with E-state index in [9.17, 15) is 4.79 Å². The fraction of sp³-hybridized carbons (Fsp3) is 0.200. The Morgan fingerprint density at radius 3 is 2.61 bits per heavy atom. The Balaban J connectivity index is 1.41. The maximum atomic E-state index is 12.7. The molecular formula is C25H24N4OS. The first kappa shape index (κ1) is 19.9. The predicted molar refractivity (Wildman–Crippen MR) is 128 cm³/mol. The smallest absolute Gasteiger partial charge is 0.255 e. The highest BCUT2D eigenvalue weighted by molar-refractivity contribution is 7.21. The number of thiazole rings is 1. The molecule has 0 atom stereocenters. The van der Waals surface area contributed by atoms with Gasteiger partial charge in [0.1, 0.15) is 5.01 Å². The summed E-state index contributed by atoms with van der Waals surface area (Å²) in [6.45, 7) is 5.24. The van der Waals surface area contributed by atoms with Crippen LogP contribution in [0.2, 0.25) is 0 Å². The van der Waals surface area contributed by atoms with Crippen LogP contribution >= 0.6 is 11.3 Å². The van der Waals surface area contributed by atoms with Crippen molar-refractivity contribution >= 4 is 33.1 Å². The molecule has 0 spiro atoms. The molecule has 156 valence electrons. The predicted octanol–water partition coefficient (Wildman–Crippen LogP) is 4.62. The quantitative estimate of drug-likeness (QED) is 0.487. The number of para-hydroxylation sites is 1. The molecule has 0 bridgehead atoms. The molecule has 0 saturated carbocycles. The van der Waals surface area contributed by atoms with Crippen LogP contribution in [0.3, 0.4) is 0 Å². The number of hydrogen-bond acceptors (Lipinski definition) is 5. The van der Waals surface area contributed by atoms with Crippen molar-refractivity contribution in [1.29, 1.82) is 0 Å². The summed E-state index contributed by atoms with van der Waals surface area (Å²) < 4.78 is 1.17. The van der Waals surface area contributed by atoms with Gasteiger partial charge in [0.2, 0.25) is 0 Å². The Bertz CT molecular complexity index is 1200. The zero-order chi connectivity index (χ0) is 21.0. The highest BCUT2D eigenvalue weighted by Crippen LogP contribution is 2.35. The largest absolute Gasteiger partial charge is 0.321 e. The first-order valence-electron chi connectivity index (χ1n) is 10.5. The summed E-state index contributed by atoms with van der Waals surface area (Å²) in [4.78, 5) is 20.0. The van der Waals surface area contributed by atoms with Gasteiger partial charge in [-0.25, -0.2) is 4.98 Å². The first-order chi connectivity index (χ1) is 15.3. The molecule has 5 rings (SSSR count). The number of carbonyl (C=O) groups excluding carboxylic acids is 1. The van der Waals surface area contributed by atoms with E-state index in [1.165, 1.54) is 10.3 Å². The van der Waals surface area contributed by atoms with E-state index in [0.717, 1.165) is 54.5 Å². The molecular weight excluding hydrogens is 404 g/mol. The number of fused-ring (bicyclic) bond motifs is 1. The van der Waals surface area contributed by atoms with E-state index in [2.05, 4.69) is 33.7 Å². The van der Waals surface area contributed by atoms with Crippen LogP contribution < -0.4 is 10.6 Å². The van der Waals surface area contributed by atoms with Crippen LogP contribution in [0.4, 0.5) is 5.69 Å². The van der Waals surface area contributed by atoms with Gasteiger partial charge < -0.3 is 10.6 Å². The summed E-state index contributed by atoms with van der Waals surface area (Å²) >= 11 is 1.67. The number of piperazine rings is 1. The van der Waals surface area contributed by atoms with Crippen LogP contribution in [0.1, 0.15) is 15.9 Å². The minimum absolute atomic E-state index is 0.118. The molecule has 6 heteroatoms. The standard InChI is InChI=1S/C25H24N4OS/c30-24(19-6-2-1-3-7-19)27-21-9-5-4-8-20(21)25-28-22-11-10-18(16-23(22)31-25)17-29-14-12-26-13-15-29/h1-11,16,26H,12-15,17H2,(H,27,30). The Labute approximate surface area is 185 Å². The summed E-state index contributed by atoms with van der Waals surface area (Å²) in [7, 11) is 0. The molecule has 2 N–H and O–H groups in total. The van der Waals surface area contributed by atoms with Gasteiger partial charge >= 0.3 is 0 Å². The van der Waals surface area contributed by atoms with Crippen molar-refractivity contribution in [3.05, 3.63) is 83.9 Å². The van der Waals surface area contributed by atoms with Crippen LogP contribution in [0.15, 0.2) is 72.8 Å². The van der Waals surface area contributed by atoms with Gasteiger partial charge in [0.15, 0.2) is 0 Å². The van der Waals surface area contributed by atoms with Gasteiger partial charge in [-0.3, -0.25) is 9.69 Å². The van der Waals surface area contributed by atoms with Gasteiger partial charge in [-0.15, -0.1) is 11.3 Å². The van der Waals surface area contributed by atoms with E-state index in [0.29, 0.717) is 5.56 Å². The molecule has 5 nitrogen and oxygen atoms in total. The fourth-order valence-electron chi connectivity index (χ4n) is 3.87. The lowest BCUT2D eigenvalue weighted by Gasteiger charge is -2.27. The van der Waals surface area contributed by atoms with Gasteiger partial charge in [0, 0.05) is 43.9 Å². The normalized spacial score (nSPS) is 14.6. The maximum absolute atomic E-state index is 12.7. The van der Waals surface area contributed by atoms with Gasteiger partial charge in [-0.05, 0) is 42.0 Å². The minimum Gasteiger partial charge on any atom is -0.321 e. The maximum Gasteiger partial charge on any atom is 0.255 e. The fourth-order valence-corrected chi connectivity index (χ4v) is 4.94. The van der Waals surface area contributed by atoms with E-state index in [4.69, 9.17) is 4.98 Å². The van der Waals surface area contributed by atoms with Crippen molar-refractivity contribution in [3.63, 3.8) is 0 Å².